The molecule has 0 spiro atoms. The van der Waals surface area contributed by atoms with Crippen molar-refractivity contribution in [3.05, 3.63) is 52.6 Å². The molecule has 0 amide bonds. The zero-order chi connectivity index (χ0) is 15.5. The van der Waals surface area contributed by atoms with Crippen LogP contribution in [0.25, 0.3) is 11.0 Å². The number of nitrogens with zero attached hydrogens (tertiary/aromatic N) is 5. The van der Waals surface area contributed by atoms with Crippen LogP contribution in [0.15, 0.2) is 46.4 Å². The van der Waals surface area contributed by atoms with Gasteiger partial charge in [0.2, 0.25) is 0 Å². The zero-order valence-electron chi connectivity index (χ0n) is 12.4. The van der Waals surface area contributed by atoms with Crippen molar-refractivity contribution in [2.45, 2.75) is 6.54 Å². The Morgan fingerprint density at radius 1 is 1.32 bits per heavy atom. The van der Waals surface area contributed by atoms with Gasteiger partial charge in [-0.1, -0.05) is 30.3 Å². The summed E-state index contributed by atoms with van der Waals surface area (Å²) in [7, 11) is 3.70. The van der Waals surface area contributed by atoms with E-state index in [1.807, 2.05) is 44.4 Å². The van der Waals surface area contributed by atoms with Crippen LogP contribution in [-0.4, -0.2) is 45.1 Å². The van der Waals surface area contributed by atoms with E-state index in [4.69, 9.17) is 0 Å². The third kappa shape index (κ3) is 2.73. The van der Waals surface area contributed by atoms with Crippen molar-refractivity contribution in [3.8, 4) is 0 Å². The topological polar surface area (TPSA) is 79.2 Å². The minimum Gasteiger partial charge on any atom is -0.369 e. The van der Waals surface area contributed by atoms with Gasteiger partial charge in [0.1, 0.15) is 11.7 Å². The van der Waals surface area contributed by atoms with Gasteiger partial charge >= 0.3 is 0 Å². The van der Waals surface area contributed by atoms with Gasteiger partial charge in [0.05, 0.1) is 12.9 Å². The number of aromatic amines is 1. The summed E-state index contributed by atoms with van der Waals surface area (Å²) in [6.45, 7) is 0.463. The molecule has 7 heteroatoms. The van der Waals surface area contributed by atoms with E-state index in [9.17, 15) is 4.79 Å². The molecule has 2 heterocycles. The molecule has 0 bridgehead atoms. The highest BCUT2D eigenvalue weighted by Crippen LogP contribution is 2.17. The second kappa shape index (κ2) is 5.80. The maximum Gasteiger partial charge on any atom is 0.267 e. The molecule has 0 aliphatic carbocycles. The Morgan fingerprint density at radius 2 is 2.09 bits per heavy atom. The predicted molar refractivity (Wildman–Crippen MR) is 85.5 cm³/mol. The van der Waals surface area contributed by atoms with Crippen LogP contribution in [0.5, 0.6) is 0 Å². The minimum atomic E-state index is -0.159. The van der Waals surface area contributed by atoms with Crippen molar-refractivity contribution in [2.24, 2.45) is 4.99 Å². The van der Waals surface area contributed by atoms with Gasteiger partial charge < -0.3 is 4.90 Å². The summed E-state index contributed by atoms with van der Waals surface area (Å²) in [4.78, 5) is 22.9. The average molecular weight is 296 g/mol. The molecule has 0 aliphatic heterocycles. The van der Waals surface area contributed by atoms with Crippen LogP contribution >= 0.6 is 0 Å². The van der Waals surface area contributed by atoms with Gasteiger partial charge in [-0.3, -0.25) is 14.5 Å². The third-order valence-corrected chi connectivity index (χ3v) is 3.14. The van der Waals surface area contributed by atoms with E-state index in [0.717, 1.165) is 5.56 Å². The summed E-state index contributed by atoms with van der Waals surface area (Å²) in [5.41, 5.74) is 1.32. The van der Waals surface area contributed by atoms with E-state index in [0.29, 0.717) is 23.4 Å². The van der Waals surface area contributed by atoms with Gasteiger partial charge in [-0.2, -0.15) is 5.10 Å². The summed E-state index contributed by atoms with van der Waals surface area (Å²) < 4.78 is 1.56. The van der Waals surface area contributed by atoms with Crippen LogP contribution in [0.1, 0.15) is 5.56 Å². The van der Waals surface area contributed by atoms with Crippen LogP contribution in [0.3, 0.4) is 0 Å². The second-order valence-electron chi connectivity index (χ2n) is 5.14. The smallest absolute Gasteiger partial charge is 0.267 e. The fraction of sp³-hybridized carbons (Fsp3) is 0.200. The first kappa shape index (κ1) is 14.0. The number of fused-ring (bicyclic) bond motifs is 1. The third-order valence-electron chi connectivity index (χ3n) is 3.14. The van der Waals surface area contributed by atoms with E-state index >= 15 is 0 Å². The molecule has 1 aromatic carbocycles. The lowest BCUT2D eigenvalue weighted by Gasteiger charge is -2.05. The van der Waals surface area contributed by atoms with Crippen molar-refractivity contribution in [1.29, 1.82) is 0 Å². The Morgan fingerprint density at radius 3 is 2.82 bits per heavy atom. The molecular formula is C15H16N6O. The lowest BCUT2D eigenvalue weighted by molar-refractivity contribution is 0.643. The Hall–Kier alpha value is -2.96. The predicted octanol–water partition coefficient (Wildman–Crippen LogP) is 1.39. The molecule has 1 N–H and O–H groups in total. The number of rotatable bonds is 4. The standard InChI is InChI=1S/C15H16N6O/c1-20(2)9-16-13-12-14(19-18-13)17-10-21(15(12)22)8-11-6-4-3-5-7-11/h3-7,9-10H,8H2,1-2H3,(H,18,19). The van der Waals surface area contributed by atoms with Crippen molar-refractivity contribution >= 4 is 23.2 Å². The number of benzene rings is 1. The van der Waals surface area contributed by atoms with Crippen LogP contribution < -0.4 is 5.56 Å². The molecule has 0 saturated heterocycles. The fourth-order valence-electron chi connectivity index (χ4n) is 2.09. The van der Waals surface area contributed by atoms with E-state index in [1.165, 1.54) is 6.33 Å². The summed E-state index contributed by atoms with van der Waals surface area (Å²) in [5.74, 6) is 0.351. The summed E-state index contributed by atoms with van der Waals surface area (Å²) in [6, 6.07) is 9.76. The minimum absolute atomic E-state index is 0.159. The average Bonchev–Trinajstić information content (AvgIpc) is 2.93. The molecule has 3 rings (SSSR count). The lowest BCUT2D eigenvalue weighted by atomic mass is 10.2. The molecular weight excluding hydrogens is 280 g/mol. The van der Waals surface area contributed by atoms with Gasteiger partial charge in [-0.15, -0.1) is 0 Å². The first-order valence-corrected chi connectivity index (χ1v) is 6.83. The lowest BCUT2D eigenvalue weighted by Crippen LogP contribution is -2.20. The van der Waals surface area contributed by atoms with E-state index in [1.54, 1.807) is 15.8 Å². The van der Waals surface area contributed by atoms with Crippen molar-refractivity contribution < 1.29 is 0 Å². The van der Waals surface area contributed by atoms with E-state index < -0.39 is 0 Å². The highest BCUT2D eigenvalue weighted by atomic mass is 16.1. The van der Waals surface area contributed by atoms with Gasteiger partial charge in [0.15, 0.2) is 11.5 Å². The maximum absolute atomic E-state index is 12.6. The summed E-state index contributed by atoms with van der Waals surface area (Å²) >= 11 is 0. The molecule has 0 radical (unpaired) electrons. The highest BCUT2D eigenvalue weighted by Gasteiger charge is 2.12. The second-order valence-corrected chi connectivity index (χ2v) is 5.14. The normalized spacial score (nSPS) is 11.4. The van der Waals surface area contributed by atoms with Crippen molar-refractivity contribution in [2.75, 3.05) is 14.1 Å². The molecule has 112 valence electrons. The monoisotopic (exact) mass is 296 g/mol. The molecule has 7 nitrogen and oxygen atoms in total. The Bertz CT molecular complexity index is 863. The van der Waals surface area contributed by atoms with Crippen LogP contribution in [0.2, 0.25) is 0 Å². The van der Waals surface area contributed by atoms with Gasteiger partial charge in [0.25, 0.3) is 5.56 Å². The molecule has 0 atom stereocenters. The molecule has 3 aromatic rings. The summed E-state index contributed by atoms with van der Waals surface area (Å²) in [6.07, 6.45) is 3.12. The number of hydrogen-bond donors (Lipinski definition) is 1. The van der Waals surface area contributed by atoms with E-state index in [2.05, 4.69) is 20.2 Å². The summed E-state index contributed by atoms with van der Waals surface area (Å²) in [5, 5.41) is 7.19. The van der Waals surface area contributed by atoms with Crippen LogP contribution in [0.4, 0.5) is 5.82 Å². The van der Waals surface area contributed by atoms with Gasteiger partial charge in [-0.05, 0) is 5.56 Å². The number of aromatic nitrogens is 4. The first-order chi connectivity index (χ1) is 10.6. The number of H-pyrrole nitrogens is 1. The number of hydrogen-bond acceptors (Lipinski definition) is 4. The molecule has 0 saturated carbocycles. The Kier molecular flexibility index (Phi) is 3.69. The van der Waals surface area contributed by atoms with Crippen LogP contribution in [0, 0.1) is 0 Å². The number of aliphatic imine (C=N–C) groups is 1. The van der Waals surface area contributed by atoms with Gasteiger partial charge in [0, 0.05) is 14.1 Å². The van der Waals surface area contributed by atoms with Gasteiger partial charge in [-0.25, -0.2) is 9.98 Å². The fourth-order valence-corrected chi connectivity index (χ4v) is 2.09. The molecule has 0 unspecified atom stereocenters. The van der Waals surface area contributed by atoms with Crippen molar-refractivity contribution in [3.63, 3.8) is 0 Å². The van der Waals surface area contributed by atoms with E-state index in [-0.39, 0.29) is 5.56 Å². The molecule has 22 heavy (non-hydrogen) atoms. The SMILES string of the molecule is CN(C)C=Nc1n[nH]c2ncn(Cc3ccccc3)c(=O)c12. The molecule has 2 aromatic heterocycles. The quantitative estimate of drug-likeness (QED) is 0.583. The largest absolute Gasteiger partial charge is 0.369 e. The van der Waals surface area contributed by atoms with Crippen molar-refractivity contribution in [1.82, 2.24) is 24.6 Å². The first-order valence-electron chi connectivity index (χ1n) is 6.83. The Labute approximate surface area is 126 Å². The highest BCUT2D eigenvalue weighted by molar-refractivity contribution is 5.85. The zero-order valence-corrected chi connectivity index (χ0v) is 12.4. The Balaban J connectivity index is 2.05. The van der Waals surface area contributed by atoms with Crippen LogP contribution in [-0.2, 0) is 6.54 Å². The number of nitrogens with one attached hydrogen (secondary N) is 1. The molecule has 0 aliphatic rings. The molecule has 0 fully saturated rings. The maximum atomic E-state index is 12.6.